The van der Waals surface area contributed by atoms with Gasteiger partial charge in [-0.15, -0.1) is 0 Å². The molecule has 1 rings (SSSR count). The number of esters is 1. The molecule has 0 aliphatic heterocycles. The Balaban J connectivity index is 3.34. The molecule has 0 bridgehead atoms. The van der Waals surface area contributed by atoms with Crippen molar-refractivity contribution in [1.29, 1.82) is 0 Å². The largest absolute Gasteiger partial charge is 0.467 e. The smallest absolute Gasteiger partial charge is 0.424 e. The summed E-state index contributed by atoms with van der Waals surface area (Å²) in [6.45, 7) is 8.93. The van der Waals surface area contributed by atoms with E-state index in [4.69, 9.17) is 9.47 Å². The molecule has 0 aromatic heterocycles. The number of rotatable bonds is 8. The Morgan fingerprint density at radius 2 is 1.77 bits per heavy atom. The van der Waals surface area contributed by atoms with Crippen LogP contribution < -0.4 is 5.32 Å². The van der Waals surface area contributed by atoms with Crippen LogP contribution in [0.4, 0.5) is 9.59 Å². The minimum absolute atomic E-state index is 0.142. The minimum Gasteiger partial charge on any atom is -0.467 e. The van der Waals surface area contributed by atoms with Gasteiger partial charge < -0.3 is 19.5 Å². The van der Waals surface area contributed by atoms with E-state index in [2.05, 4.69) is 16.6 Å². The number of hydrogen-bond donors (Lipinski definition) is 1. The maximum atomic E-state index is 13.2. The van der Waals surface area contributed by atoms with E-state index in [-0.39, 0.29) is 11.5 Å². The summed E-state index contributed by atoms with van der Waals surface area (Å²) in [5, 5.41) is 2.19. The van der Waals surface area contributed by atoms with E-state index in [1.165, 1.54) is 18.2 Å². The third kappa shape index (κ3) is 7.93. The van der Waals surface area contributed by atoms with E-state index in [1.807, 2.05) is 0 Å². The maximum absolute atomic E-state index is 13.2. The van der Waals surface area contributed by atoms with E-state index < -0.39 is 46.4 Å². The third-order valence-electron chi connectivity index (χ3n) is 3.66. The average Bonchev–Trinajstić information content (AvgIpc) is 2.67. The van der Waals surface area contributed by atoms with E-state index in [0.717, 1.165) is 12.7 Å². The average molecular weight is 457 g/mol. The topological polar surface area (TPSA) is 128 Å². The minimum atomic E-state index is -4.44. The van der Waals surface area contributed by atoms with E-state index in [9.17, 15) is 22.8 Å². The van der Waals surface area contributed by atoms with Gasteiger partial charge in [0.2, 0.25) is 0 Å². The fraction of sp³-hybridized carbons (Fsp3) is 0.450. The summed E-state index contributed by atoms with van der Waals surface area (Å²) in [4.78, 5) is 36.7. The maximum Gasteiger partial charge on any atom is 0.424 e. The van der Waals surface area contributed by atoms with E-state index in [1.54, 1.807) is 39.8 Å². The van der Waals surface area contributed by atoms with Crippen LogP contribution in [0.15, 0.2) is 41.8 Å². The first-order valence-corrected chi connectivity index (χ1v) is 10.7. The van der Waals surface area contributed by atoms with Gasteiger partial charge in [0.05, 0.1) is 18.6 Å². The molecule has 31 heavy (non-hydrogen) atoms. The lowest BCUT2D eigenvalue weighted by molar-refractivity contribution is -0.143. The summed E-state index contributed by atoms with van der Waals surface area (Å²) < 4.78 is 41.4. The lowest BCUT2D eigenvalue weighted by Gasteiger charge is -2.29. The van der Waals surface area contributed by atoms with Gasteiger partial charge in [0.25, 0.3) is 10.0 Å². The van der Waals surface area contributed by atoms with Crippen molar-refractivity contribution in [1.82, 2.24) is 9.62 Å². The lowest BCUT2D eigenvalue weighted by atomic mass is 10.2. The fourth-order valence-electron chi connectivity index (χ4n) is 2.23. The highest BCUT2D eigenvalue weighted by molar-refractivity contribution is 7.89. The van der Waals surface area contributed by atoms with E-state index in [0.29, 0.717) is 4.31 Å². The van der Waals surface area contributed by atoms with E-state index >= 15 is 0 Å². The quantitative estimate of drug-likeness (QED) is 0.359. The highest BCUT2D eigenvalue weighted by Gasteiger charge is 2.37. The SMILES string of the molecule is C=CCOC(=O)N[C@@H](CN(C(=O)OC(C)(C)C)S(=O)(=O)c1ccc(C)cc1)C(=O)OC. The van der Waals surface area contributed by atoms with Crippen LogP contribution in [0.2, 0.25) is 0 Å². The number of alkyl carbamates (subject to hydrolysis) is 1. The first-order chi connectivity index (χ1) is 14.3. The van der Waals surface area contributed by atoms with Crippen molar-refractivity contribution in [2.75, 3.05) is 20.3 Å². The van der Waals surface area contributed by atoms with Crippen molar-refractivity contribution in [3.63, 3.8) is 0 Å². The number of carbonyl (C=O) groups is 3. The molecule has 0 fully saturated rings. The lowest BCUT2D eigenvalue weighted by Crippen LogP contribution is -2.52. The summed E-state index contributed by atoms with van der Waals surface area (Å²) in [7, 11) is -3.38. The first-order valence-electron chi connectivity index (χ1n) is 9.26. The zero-order chi connectivity index (χ0) is 23.8. The highest BCUT2D eigenvalue weighted by Crippen LogP contribution is 2.20. The van der Waals surface area contributed by atoms with Crippen molar-refractivity contribution >= 4 is 28.2 Å². The monoisotopic (exact) mass is 456 g/mol. The molecule has 2 amide bonds. The second-order valence-corrected chi connectivity index (χ2v) is 9.30. The molecule has 0 heterocycles. The second kappa shape index (κ2) is 10.8. The molecule has 0 saturated heterocycles. The molecule has 1 aromatic rings. The molecule has 172 valence electrons. The van der Waals surface area contributed by atoms with Gasteiger partial charge in [0, 0.05) is 0 Å². The zero-order valence-electron chi connectivity index (χ0n) is 18.2. The fourth-order valence-corrected chi connectivity index (χ4v) is 3.54. The van der Waals surface area contributed by atoms with Crippen LogP contribution in [0, 0.1) is 6.92 Å². The molecular formula is C20H28N2O8S. The number of aryl methyl sites for hydroxylation is 1. The number of nitrogens with one attached hydrogen (secondary N) is 1. The number of sulfonamides is 1. The van der Waals surface area contributed by atoms with Crippen LogP contribution in [0.25, 0.3) is 0 Å². The Bertz CT molecular complexity index is 904. The number of carbonyl (C=O) groups excluding carboxylic acids is 3. The van der Waals surface area contributed by atoms with Crippen molar-refractivity contribution in [2.45, 2.75) is 44.2 Å². The molecule has 0 radical (unpaired) electrons. The van der Waals surface area contributed by atoms with Crippen molar-refractivity contribution < 1.29 is 37.0 Å². The summed E-state index contributed by atoms with van der Waals surface area (Å²) >= 11 is 0. The Hall–Kier alpha value is -3.08. The van der Waals surface area contributed by atoms with Gasteiger partial charge >= 0.3 is 18.2 Å². The standard InChI is InChI=1S/C20H28N2O8S/c1-7-12-29-18(24)21-16(17(23)28-6)13-22(19(25)30-20(3,4)5)31(26,27)15-10-8-14(2)9-11-15/h7-11,16H,1,12-13H2,2-6H3,(H,21,24)/t16-/m0/s1. The van der Waals surface area contributed by atoms with Gasteiger partial charge in [-0.25, -0.2) is 22.8 Å². The van der Waals surface area contributed by atoms with Gasteiger partial charge in [-0.2, -0.15) is 4.31 Å². The Kier molecular flexibility index (Phi) is 9.04. The number of methoxy groups -OCH3 is 1. The molecule has 1 aromatic carbocycles. The molecule has 1 atom stereocenters. The van der Waals surface area contributed by atoms with Crippen molar-refractivity contribution in [2.24, 2.45) is 0 Å². The Morgan fingerprint density at radius 1 is 1.19 bits per heavy atom. The molecule has 0 spiro atoms. The second-order valence-electron chi connectivity index (χ2n) is 7.44. The molecule has 0 aliphatic rings. The number of nitrogens with zero attached hydrogens (tertiary/aromatic N) is 1. The molecule has 11 heteroatoms. The molecule has 0 saturated carbocycles. The summed E-state index contributed by atoms with van der Waals surface area (Å²) in [6.07, 6.45) is -0.933. The number of hydrogen-bond acceptors (Lipinski definition) is 8. The molecule has 0 aliphatic carbocycles. The summed E-state index contributed by atoms with van der Waals surface area (Å²) in [5.41, 5.74) is -0.211. The predicted molar refractivity (Wildman–Crippen MR) is 112 cm³/mol. The van der Waals surface area contributed by atoms with Gasteiger partial charge in [-0.3, -0.25) is 0 Å². The van der Waals surface area contributed by atoms with Crippen LogP contribution in [0.3, 0.4) is 0 Å². The van der Waals surface area contributed by atoms with Gasteiger partial charge in [-0.1, -0.05) is 30.4 Å². The number of amides is 2. The predicted octanol–water partition coefficient (Wildman–Crippen LogP) is 2.37. The Labute approximate surface area is 182 Å². The van der Waals surface area contributed by atoms with Crippen LogP contribution >= 0.6 is 0 Å². The van der Waals surface area contributed by atoms with Crippen LogP contribution in [-0.4, -0.2) is 62.8 Å². The van der Waals surface area contributed by atoms with Gasteiger partial charge in [0.15, 0.2) is 0 Å². The molecular weight excluding hydrogens is 428 g/mol. The first kappa shape index (κ1) is 26.0. The summed E-state index contributed by atoms with van der Waals surface area (Å²) in [6, 6.07) is 4.21. The third-order valence-corrected chi connectivity index (χ3v) is 5.41. The highest BCUT2D eigenvalue weighted by atomic mass is 32.2. The molecule has 1 N–H and O–H groups in total. The molecule has 0 unspecified atom stereocenters. The Morgan fingerprint density at radius 3 is 2.26 bits per heavy atom. The van der Waals surface area contributed by atoms with Crippen LogP contribution in [-0.2, 0) is 29.0 Å². The normalized spacial score (nSPS) is 12.3. The van der Waals surface area contributed by atoms with Crippen LogP contribution in [0.5, 0.6) is 0 Å². The number of benzene rings is 1. The van der Waals surface area contributed by atoms with Crippen molar-refractivity contribution in [3.05, 3.63) is 42.5 Å². The number of ether oxygens (including phenoxy) is 3. The summed E-state index contributed by atoms with van der Waals surface area (Å²) in [5.74, 6) is -0.983. The van der Waals surface area contributed by atoms with Gasteiger partial charge in [0.1, 0.15) is 18.2 Å². The molecule has 10 nitrogen and oxygen atoms in total. The van der Waals surface area contributed by atoms with Gasteiger partial charge in [-0.05, 0) is 39.8 Å². The van der Waals surface area contributed by atoms with Crippen LogP contribution in [0.1, 0.15) is 26.3 Å². The van der Waals surface area contributed by atoms with Crippen molar-refractivity contribution in [3.8, 4) is 0 Å². The zero-order valence-corrected chi connectivity index (χ0v) is 19.0.